The van der Waals surface area contributed by atoms with Gasteiger partial charge in [-0.2, -0.15) is 5.26 Å². The second kappa shape index (κ2) is 6.33. The van der Waals surface area contributed by atoms with Crippen LogP contribution in [0.25, 0.3) is 0 Å². The summed E-state index contributed by atoms with van der Waals surface area (Å²) in [5.41, 5.74) is 1.39. The van der Waals surface area contributed by atoms with Gasteiger partial charge in [0.05, 0.1) is 5.56 Å². The summed E-state index contributed by atoms with van der Waals surface area (Å²) < 4.78 is 5.78. The molecule has 0 atom stereocenters. The van der Waals surface area contributed by atoms with E-state index in [1.165, 1.54) is 17.8 Å². The SMILES string of the molecule is CSc1cccc(Oc2ccc(C(=O)O)cc2C)c1C#N. The Balaban J connectivity index is 2.39. The van der Waals surface area contributed by atoms with Crippen molar-refractivity contribution in [2.24, 2.45) is 0 Å². The molecule has 2 rings (SSSR count). The molecule has 0 radical (unpaired) electrons. The molecular formula is C16H13NO3S. The lowest BCUT2D eigenvalue weighted by atomic mass is 10.1. The van der Waals surface area contributed by atoms with E-state index in [-0.39, 0.29) is 5.56 Å². The van der Waals surface area contributed by atoms with Crippen LogP contribution in [0.1, 0.15) is 21.5 Å². The molecule has 0 amide bonds. The van der Waals surface area contributed by atoms with Crippen molar-refractivity contribution in [3.8, 4) is 17.6 Å². The number of hydrogen-bond donors (Lipinski definition) is 1. The number of carboxylic acid groups (broad SMARTS) is 1. The standard InChI is InChI=1S/C16H13NO3S/c1-10-8-11(16(18)19)6-7-13(10)20-14-4-3-5-15(21-2)12(14)9-17/h3-8H,1-2H3,(H,18,19). The van der Waals surface area contributed by atoms with Gasteiger partial charge in [-0.3, -0.25) is 0 Å². The number of aryl methyl sites for hydroxylation is 1. The van der Waals surface area contributed by atoms with Crippen LogP contribution in [-0.2, 0) is 0 Å². The molecule has 0 aliphatic heterocycles. The van der Waals surface area contributed by atoms with Gasteiger partial charge in [-0.05, 0) is 49.1 Å². The Bertz CT molecular complexity index is 735. The first-order chi connectivity index (χ1) is 10.1. The summed E-state index contributed by atoms with van der Waals surface area (Å²) in [6.07, 6.45) is 1.90. The maximum Gasteiger partial charge on any atom is 0.335 e. The Labute approximate surface area is 127 Å². The number of benzene rings is 2. The second-order valence-corrected chi connectivity index (χ2v) is 5.18. The number of carboxylic acids is 1. The van der Waals surface area contributed by atoms with Crippen LogP contribution >= 0.6 is 11.8 Å². The highest BCUT2D eigenvalue weighted by atomic mass is 32.2. The van der Waals surface area contributed by atoms with Crippen LogP contribution in [-0.4, -0.2) is 17.3 Å². The maximum absolute atomic E-state index is 10.9. The lowest BCUT2D eigenvalue weighted by Crippen LogP contribution is -1.98. The molecular weight excluding hydrogens is 286 g/mol. The van der Waals surface area contributed by atoms with E-state index in [1.54, 1.807) is 25.1 Å². The van der Waals surface area contributed by atoms with Crippen molar-refractivity contribution in [2.45, 2.75) is 11.8 Å². The molecule has 5 heteroatoms. The first-order valence-electron chi connectivity index (χ1n) is 6.15. The molecule has 0 saturated heterocycles. The second-order valence-electron chi connectivity index (χ2n) is 4.33. The van der Waals surface area contributed by atoms with Gasteiger partial charge in [0.2, 0.25) is 0 Å². The van der Waals surface area contributed by atoms with Crippen LogP contribution in [0.3, 0.4) is 0 Å². The van der Waals surface area contributed by atoms with Crippen molar-refractivity contribution in [1.29, 1.82) is 5.26 Å². The van der Waals surface area contributed by atoms with Crippen molar-refractivity contribution < 1.29 is 14.6 Å². The molecule has 0 aliphatic rings. The topological polar surface area (TPSA) is 70.3 Å². The lowest BCUT2D eigenvalue weighted by Gasteiger charge is -2.12. The van der Waals surface area contributed by atoms with E-state index in [0.717, 1.165) is 4.90 Å². The fourth-order valence-corrected chi connectivity index (χ4v) is 2.46. The number of thioether (sulfide) groups is 1. The van der Waals surface area contributed by atoms with E-state index < -0.39 is 5.97 Å². The molecule has 0 spiro atoms. The number of nitriles is 1. The maximum atomic E-state index is 10.9. The van der Waals surface area contributed by atoms with E-state index >= 15 is 0 Å². The van der Waals surface area contributed by atoms with E-state index in [2.05, 4.69) is 6.07 Å². The number of nitrogens with zero attached hydrogens (tertiary/aromatic N) is 1. The van der Waals surface area contributed by atoms with E-state index in [1.807, 2.05) is 18.4 Å². The average Bonchev–Trinajstić information content (AvgIpc) is 2.48. The smallest absolute Gasteiger partial charge is 0.335 e. The minimum Gasteiger partial charge on any atom is -0.478 e. The van der Waals surface area contributed by atoms with Gasteiger partial charge in [0.15, 0.2) is 0 Å². The van der Waals surface area contributed by atoms with Crippen LogP contribution in [0.4, 0.5) is 0 Å². The van der Waals surface area contributed by atoms with Gasteiger partial charge in [0.1, 0.15) is 23.1 Å². The highest BCUT2D eigenvalue weighted by Gasteiger charge is 2.12. The molecule has 1 N–H and O–H groups in total. The van der Waals surface area contributed by atoms with Crippen molar-refractivity contribution in [2.75, 3.05) is 6.26 Å². The molecule has 2 aromatic rings. The molecule has 0 unspecified atom stereocenters. The van der Waals surface area contributed by atoms with Crippen molar-refractivity contribution in [1.82, 2.24) is 0 Å². The van der Waals surface area contributed by atoms with Gasteiger partial charge in [-0.1, -0.05) is 6.07 Å². The monoisotopic (exact) mass is 299 g/mol. The zero-order valence-electron chi connectivity index (χ0n) is 11.6. The number of rotatable bonds is 4. The predicted molar refractivity (Wildman–Crippen MR) is 81.2 cm³/mol. The summed E-state index contributed by atoms with van der Waals surface area (Å²) in [7, 11) is 0. The van der Waals surface area contributed by atoms with E-state index in [9.17, 15) is 10.1 Å². The lowest BCUT2D eigenvalue weighted by molar-refractivity contribution is 0.0697. The number of aromatic carboxylic acids is 1. The molecule has 106 valence electrons. The van der Waals surface area contributed by atoms with Crippen molar-refractivity contribution >= 4 is 17.7 Å². The summed E-state index contributed by atoms with van der Waals surface area (Å²) >= 11 is 1.48. The highest BCUT2D eigenvalue weighted by molar-refractivity contribution is 7.98. The third kappa shape index (κ3) is 3.18. The minimum absolute atomic E-state index is 0.207. The molecule has 0 aromatic heterocycles. The fraction of sp³-hybridized carbons (Fsp3) is 0.125. The Morgan fingerprint density at radius 2 is 2.05 bits per heavy atom. The Kier molecular flexibility index (Phi) is 4.51. The largest absolute Gasteiger partial charge is 0.478 e. The van der Waals surface area contributed by atoms with E-state index in [0.29, 0.717) is 22.6 Å². The summed E-state index contributed by atoms with van der Waals surface area (Å²) in [5.74, 6) is 0.0250. The highest BCUT2D eigenvalue weighted by Crippen LogP contribution is 2.32. The van der Waals surface area contributed by atoms with Gasteiger partial charge in [-0.25, -0.2) is 4.79 Å². The van der Waals surface area contributed by atoms with Crippen LogP contribution in [0.2, 0.25) is 0 Å². The normalized spacial score (nSPS) is 9.95. The minimum atomic E-state index is -0.980. The summed E-state index contributed by atoms with van der Waals surface area (Å²) in [6.45, 7) is 1.77. The number of carbonyl (C=O) groups is 1. The van der Waals surface area contributed by atoms with Crippen LogP contribution in [0.15, 0.2) is 41.3 Å². The molecule has 21 heavy (non-hydrogen) atoms. The molecule has 0 saturated carbocycles. The molecule has 0 fully saturated rings. The molecule has 0 bridgehead atoms. The average molecular weight is 299 g/mol. The molecule has 0 heterocycles. The van der Waals surface area contributed by atoms with Gasteiger partial charge < -0.3 is 9.84 Å². The van der Waals surface area contributed by atoms with Crippen LogP contribution < -0.4 is 4.74 Å². The summed E-state index contributed by atoms with van der Waals surface area (Å²) in [6, 6.07) is 12.2. The van der Waals surface area contributed by atoms with Crippen LogP contribution in [0.5, 0.6) is 11.5 Å². The zero-order valence-corrected chi connectivity index (χ0v) is 12.4. The van der Waals surface area contributed by atoms with Gasteiger partial charge >= 0.3 is 5.97 Å². The zero-order chi connectivity index (χ0) is 15.4. The molecule has 4 nitrogen and oxygen atoms in total. The fourth-order valence-electron chi connectivity index (χ4n) is 1.89. The molecule has 2 aromatic carbocycles. The third-order valence-electron chi connectivity index (χ3n) is 2.96. The Hall–Kier alpha value is -2.45. The van der Waals surface area contributed by atoms with Crippen molar-refractivity contribution in [3.05, 3.63) is 53.1 Å². The first-order valence-corrected chi connectivity index (χ1v) is 7.38. The molecule has 0 aliphatic carbocycles. The van der Waals surface area contributed by atoms with E-state index in [4.69, 9.17) is 9.84 Å². The predicted octanol–water partition coefficient (Wildman–Crippen LogP) is 4.08. The quantitative estimate of drug-likeness (QED) is 0.861. The third-order valence-corrected chi connectivity index (χ3v) is 3.74. The Morgan fingerprint density at radius 3 is 2.62 bits per heavy atom. The van der Waals surface area contributed by atoms with Gasteiger partial charge in [-0.15, -0.1) is 11.8 Å². The summed E-state index contributed by atoms with van der Waals surface area (Å²) in [4.78, 5) is 11.8. The number of hydrogen-bond acceptors (Lipinski definition) is 4. The van der Waals surface area contributed by atoms with Gasteiger partial charge in [0.25, 0.3) is 0 Å². The van der Waals surface area contributed by atoms with Crippen molar-refractivity contribution in [3.63, 3.8) is 0 Å². The van der Waals surface area contributed by atoms with Crippen LogP contribution in [0, 0.1) is 18.3 Å². The summed E-state index contributed by atoms with van der Waals surface area (Å²) in [5, 5.41) is 18.2. The van der Waals surface area contributed by atoms with Gasteiger partial charge in [0, 0.05) is 4.90 Å². The first kappa shape index (κ1) is 14.9. The Morgan fingerprint density at radius 1 is 1.29 bits per heavy atom. The number of ether oxygens (including phenoxy) is 1.